The Bertz CT molecular complexity index is 976. The third-order valence-corrected chi connectivity index (χ3v) is 5.19. The average molecular weight is 361 g/mol. The van der Waals surface area contributed by atoms with Gasteiger partial charge in [0.1, 0.15) is 11.6 Å². The van der Waals surface area contributed by atoms with Crippen LogP contribution in [-0.2, 0) is 7.05 Å². The van der Waals surface area contributed by atoms with E-state index >= 15 is 0 Å². The second-order valence-electron chi connectivity index (χ2n) is 6.98. The van der Waals surface area contributed by atoms with Crippen LogP contribution in [0.1, 0.15) is 65.1 Å². The average Bonchev–Trinajstić information content (AvgIpc) is 2.70. The van der Waals surface area contributed by atoms with Crippen molar-refractivity contribution in [1.29, 1.82) is 5.26 Å². The van der Waals surface area contributed by atoms with Crippen LogP contribution in [0.2, 0.25) is 0 Å². The molecule has 1 aromatic heterocycles. The number of pyridine rings is 1. The molecule has 1 aliphatic carbocycles. The van der Waals surface area contributed by atoms with Gasteiger partial charge in [-0.05, 0) is 42.0 Å². The number of amides is 1. The first-order valence-electron chi connectivity index (χ1n) is 9.22. The number of nitriles is 1. The molecule has 1 aromatic carbocycles. The predicted octanol–water partition coefficient (Wildman–Crippen LogP) is 4.20. The molecule has 0 aliphatic heterocycles. The Balaban J connectivity index is 1.95. The molecule has 0 saturated heterocycles. The zero-order valence-corrected chi connectivity index (χ0v) is 15.5. The van der Waals surface area contributed by atoms with E-state index in [0.29, 0.717) is 22.7 Å². The van der Waals surface area contributed by atoms with Crippen molar-refractivity contribution in [2.24, 2.45) is 7.05 Å². The molecule has 1 amide bonds. The molecular formula is C22H23N3O2. The minimum absolute atomic E-state index is 0.0295. The lowest BCUT2D eigenvalue weighted by Gasteiger charge is -2.23. The first-order chi connectivity index (χ1) is 13.0. The van der Waals surface area contributed by atoms with E-state index in [1.165, 1.54) is 17.1 Å². The van der Waals surface area contributed by atoms with Crippen molar-refractivity contribution in [1.82, 2.24) is 4.57 Å². The van der Waals surface area contributed by atoms with Gasteiger partial charge in [-0.1, -0.05) is 44.1 Å². The summed E-state index contributed by atoms with van der Waals surface area (Å²) < 4.78 is 1.36. The molecule has 5 heteroatoms. The van der Waals surface area contributed by atoms with Crippen LogP contribution in [-0.4, -0.2) is 10.5 Å². The first kappa shape index (κ1) is 18.7. The molecule has 5 nitrogen and oxygen atoms in total. The van der Waals surface area contributed by atoms with Crippen LogP contribution in [0, 0.1) is 11.3 Å². The van der Waals surface area contributed by atoms with Gasteiger partial charge in [-0.2, -0.15) is 5.26 Å². The summed E-state index contributed by atoms with van der Waals surface area (Å²) in [7, 11) is 1.59. The van der Waals surface area contributed by atoms with Gasteiger partial charge in [-0.15, -0.1) is 0 Å². The number of benzene rings is 1. The summed E-state index contributed by atoms with van der Waals surface area (Å²) in [4.78, 5) is 25.1. The molecule has 1 aliphatic rings. The quantitative estimate of drug-likeness (QED) is 0.887. The number of aromatic nitrogens is 1. The molecule has 27 heavy (non-hydrogen) atoms. The highest BCUT2D eigenvalue weighted by Crippen LogP contribution is 2.36. The molecule has 0 radical (unpaired) electrons. The van der Waals surface area contributed by atoms with Crippen molar-refractivity contribution < 1.29 is 4.79 Å². The molecule has 0 bridgehead atoms. The molecule has 0 unspecified atom stereocenters. The summed E-state index contributed by atoms with van der Waals surface area (Å²) in [5.74, 6) is -0.168. The maximum absolute atomic E-state index is 12.7. The maximum atomic E-state index is 12.7. The maximum Gasteiger partial charge on any atom is 0.263 e. The Kier molecular flexibility index (Phi) is 5.56. The summed E-state index contributed by atoms with van der Waals surface area (Å²) >= 11 is 0. The standard InChI is InChI=1S/C22H23N3O2/c1-3-15-12-18(22(27)25(2)14-15)21(26)24-20-11-7-10-17(19(20)13-23)16-8-5-4-6-9-16/h3,7,10-12,14,16H,1,4-6,8-9H2,2H3,(H,24,26). The zero-order chi connectivity index (χ0) is 19.4. The highest BCUT2D eigenvalue weighted by atomic mass is 16.2. The lowest BCUT2D eigenvalue weighted by atomic mass is 9.82. The monoisotopic (exact) mass is 361 g/mol. The largest absolute Gasteiger partial charge is 0.321 e. The van der Waals surface area contributed by atoms with Crippen LogP contribution in [0.3, 0.4) is 0 Å². The van der Waals surface area contributed by atoms with Gasteiger partial charge in [0.15, 0.2) is 0 Å². The van der Waals surface area contributed by atoms with E-state index in [-0.39, 0.29) is 11.1 Å². The van der Waals surface area contributed by atoms with Crippen LogP contribution in [0.5, 0.6) is 0 Å². The Morgan fingerprint density at radius 1 is 1.33 bits per heavy atom. The highest BCUT2D eigenvalue weighted by molar-refractivity contribution is 6.05. The summed E-state index contributed by atoms with van der Waals surface area (Å²) in [6.45, 7) is 3.69. The summed E-state index contributed by atoms with van der Waals surface area (Å²) in [5, 5.41) is 12.5. The molecule has 3 rings (SSSR count). The topological polar surface area (TPSA) is 74.9 Å². The second kappa shape index (κ2) is 8.05. The van der Waals surface area contributed by atoms with Crippen molar-refractivity contribution in [3.8, 4) is 6.07 Å². The minimum Gasteiger partial charge on any atom is -0.321 e. The first-order valence-corrected chi connectivity index (χ1v) is 9.22. The summed E-state index contributed by atoms with van der Waals surface area (Å²) in [6.07, 6.45) is 8.89. The van der Waals surface area contributed by atoms with Crippen molar-refractivity contribution in [3.05, 3.63) is 69.6 Å². The van der Waals surface area contributed by atoms with Gasteiger partial charge in [-0.3, -0.25) is 9.59 Å². The fourth-order valence-corrected chi connectivity index (χ4v) is 3.75. The van der Waals surface area contributed by atoms with E-state index in [4.69, 9.17) is 0 Å². The Hall–Kier alpha value is -3.13. The molecule has 1 saturated carbocycles. The number of nitrogens with one attached hydrogen (secondary N) is 1. The third-order valence-electron chi connectivity index (χ3n) is 5.19. The minimum atomic E-state index is -0.517. The number of nitrogens with zero attached hydrogens (tertiary/aromatic N) is 2. The van der Waals surface area contributed by atoms with Crippen molar-refractivity contribution in [3.63, 3.8) is 0 Å². The fraction of sp³-hybridized carbons (Fsp3) is 0.318. The number of hydrogen-bond donors (Lipinski definition) is 1. The van der Waals surface area contributed by atoms with E-state index in [9.17, 15) is 14.9 Å². The summed E-state index contributed by atoms with van der Waals surface area (Å²) in [5.41, 5.74) is 2.26. The van der Waals surface area contributed by atoms with Crippen LogP contribution < -0.4 is 10.9 Å². The second-order valence-corrected chi connectivity index (χ2v) is 6.98. The molecule has 0 spiro atoms. The number of aryl methyl sites for hydroxylation is 1. The molecule has 1 heterocycles. The SMILES string of the molecule is C=Cc1cc(C(=O)Nc2cccc(C3CCCCC3)c2C#N)c(=O)n(C)c1. The van der Waals surface area contributed by atoms with E-state index in [1.807, 2.05) is 12.1 Å². The normalized spacial score (nSPS) is 14.4. The summed E-state index contributed by atoms with van der Waals surface area (Å²) in [6, 6.07) is 9.31. The predicted molar refractivity (Wildman–Crippen MR) is 107 cm³/mol. The van der Waals surface area contributed by atoms with Crippen LogP contribution >= 0.6 is 0 Å². The van der Waals surface area contributed by atoms with E-state index in [2.05, 4.69) is 18.0 Å². The zero-order valence-electron chi connectivity index (χ0n) is 15.5. The Labute approximate surface area is 159 Å². The number of carbonyl (C=O) groups excluding carboxylic acids is 1. The number of anilines is 1. The van der Waals surface area contributed by atoms with E-state index in [0.717, 1.165) is 31.2 Å². The molecule has 1 fully saturated rings. The Morgan fingerprint density at radius 2 is 2.07 bits per heavy atom. The van der Waals surface area contributed by atoms with E-state index in [1.54, 1.807) is 25.4 Å². The van der Waals surface area contributed by atoms with Crippen molar-refractivity contribution in [2.45, 2.75) is 38.0 Å². The van der Waals surface area contributed by atoms with Gasteiger partial charge >= 0.3 is 0 Å². The highest BCUT2D eigenvalue weighted by Gasteiger charge is 2.21. The molecule has 1 N–H and O–H groups in total. The smallest absolute Gasteiger partial charge is 0.263 e. The van der Waals surface area contributed by atoms with Gasteiger partial charge in [-0.25, -0.2) is 0 Å². The van der Waals surface area contributed by atoms with Gasteiger partial charge in [0.25, 0.3) is 11.5 Å². The van der Waals surface area contributed by atoms with Crippen LogP contribution in [0.25, 0.3) is 6.08 Å². The molecule has 0 atom stereocenters. The number of hydrogen-bond acceptors (Lipinski definition) is 3. The van der Waals surface area contributed by atoms with Gasteiger partial charge in [0, 0.05) is 13.2 Å². The number of carbonyl (C=O) groups is 1. The van der Waals surface area contributed by atoms with Crippen molar-refractivity contribution >= 4 is 17.7 Å². The fourth-order valence-electron chi connectivity index (χ4n) is 3.75. The van der Waals surface area contributed by atoms with Crippen LogP contribution in [0.4, 0.5) is 5.69 Å². The number of rotatable bonds is 4. The van der Waals surface area contributed by atoms with Crippen LogP contribution in [0.15, 0.2) is 41.8 Å². The Morgan fingerprint density at radius 3 is 2.74 bits per heavy atom. The molecule has 138 valence electrons. The van der Waals surface area contributed by atoms with Gasteiger partial charge in [0.05, 0.1) is 11.3 Å². The molecule has 2 aromatic rings. The van der Waals surface area contributed by atoms with Gasteiger partial charge < -0.3 is 9.88 Å². The molecular weight excluding hydrogens is 338 g/mol. The lowest BCUT2D eigenvalue weighted by molar-refractivity contribution is 0.102. The van der Waals surface area contributed by atoms with Crippen molar-refractivity contribution in [2.75, 3.05) is 5.32 Å². The third kappa shape index (κ3) is 3.85. The van der Waals surface area contributed by atoms with E-state index < -0.39 is 5.91 Å². The lowest BCUT2D eigenvalue weighted by Crippen LogP contribution is -2.28. The van der Waals surface area contributed by atoms with Gasteiger partial charge in [0.2, 0.25) is 0 Å².